The Kier molecular flexibility index (Phi) is 4.92. The van der Waals surface area contributed by atoms with Crippen LogP contribution in [0.2, 0.25) is 0 Å². The van der Waals surface area contributed by atoms with E-state index in [1.165, 1.54) is 23.3 Å². The Hall–Kier alpha value is -2.71. The monoisotopic (exact) mass is 414 g/mol. The van der Waals surface area contributed by atoms with Crippen LogP contribution in [-0.4, -0.2) is 37.0 Å². The predicted octanol–water partition coefficient (Wildman–Crippen LogP) is 2.53. The summed E-state index contributed by atoms with van der Waals surface area (Å²) in [5, 5.41) is 5.16. The Morgan fingerprint density at radius 1 is 1.24 bits per heavy atom. The lowest BCUT2D eigenvalue weighted by Gasteiger charge is -2.29. The zero-order chi connectivity index (χ0) is 20.8. The molecule has 1 aromatic carbocycles. The molecule has 29 heavy (non-hydrogen) atoms. The van der Waals surface area contributed by atoms with Crippen LogP contribution in [0.5, 0.6) is 5.75 Å². The average molecular weight is 414 g/mol. The van der Waals surface area contributed by atoms with Crippen LogP contribution >= 0.6 is 11.3 Å². The summed E-state index contributed by atoms with van der Waals surface area (Å²) in [5.41, 5.74) is -0.861. The minimum Gasteiger partial charge on any atom is -0.497 e. The number of nitrogens with one attached hydrogen (secondary N) is 1. The molecule has 4 atom stereocenters. The number of ether oxygens (including phenoxy) is 2. The van der Waals surface area contributed by atoms with Gasteiger partial charge in [0, 0.05) is 10.9 Å². The van der Waals surface area contributed by atoms with Gasteiger partial charge < -0.3 is 9.47 Å². The number of anilines is 1. The molecule has 2 aliphatic rings. The molecule has 0 saturated carbocycles. The van der Waals surface area contributed by atoms with E-state index in [0.717, 1.165) is 4.88 Å². The van der Waals surface area contributed by atoms with Gasteiger partial charge in [0.2, 0.25) is 11.8 Å². The van der Waals surface area contributed by atoms with Gasteiger partial charge in [-0.15, -0.1) is 11.3 Å². The second-order valence-corrected chi connectivity index (χ2v) is 8.26. The molecule has 1 aromatic heterocycles. The van der Waals surface area contributed by atoms with Crippen molar-refractivity contribution >= 4 is 34.8 Å². The lowest BCUT2D eigenvalue weighted by atomic mass is 9.81. The van der Waals surface area contributed by atoms with Crippen LogP contribution in [0.3, 0.4) is 0 Å². The molecular formula is C21H22N2O5S. The summed E-state index contributed by atoms with van der Waals surface area (Å²) in [4.78, 5) is 41.8. The molecule has 4 unspecified atom stereocenters. The molecular weight excluding hydrogens is 392 g/mol. The molecule has 2 aliphatic heterocycles. The van der Waals surface area contributed by atoms with Gasteiger partial charge in [-0.2, -0.15) is 0 Å². The third-order valence-corrected chi connectivity index (χ3v) is 6.60. The van der Waals surface area contributed by atoms with Crippen LogP contribution in [0.15, 0.2) is 41.8 Å². The highest BCUT2D eigenvalue weighted by atomic mass is 32.1. The number of nitrogens with zero attached hydrogens (tertiary/aromatic N) is 1. The van der Waals surface area contributed by atoms with Crippen LogP contribution < -0.4 is 15.0 Å². The maximum absolute atomic E-state index is 13.5. The number of carbonyl (C=O) groups is 3. The number of imide groups is 1. The Morgan fingerprint density at radius 2 is 2.03 bits per heavy atom. The summed E-state index contributed by atoms with van der Waals surface area (Å²) in [6.07, 6.45) is 0. The predicted molar refractivity (Wildman–Crippen MR) is 108 cm³/mol. The van der Waals surface area contributed by atoms with Gasteiger partial charge in [-0.25, -0.2) is 4.90 Å². The lowest BCUT2D eigenvalue weighted by Crippen LogP contribution is -2.54. The van der Waals surface area contributed by atoms with E-state index in [0.29, 0.717) is 11.4 Å². The summed E-state index contributed by atoms with van der Waals surface area (Å²) >= 11 is 1.48. The molecule has 1 N–H and O–H groups in total. The van der Waals surface area contributed by atoms with E-state index in [9.17, 15) is 14.4 Å². The van der Waals surface area contributed by atoms with E-state index in [1.54, 1.807) is 38.1 Å². The molecule has 2 saturated heterocycles. The molecule has 0 bridgehead atoms. The van der Waals surface area contributed by atoms with Crippen molar-refractivity contribution in [2.24, 2.45) is 11.8 Å². The number of rotatable bonds is 5. The molecule has 2 aromatic rings. The van der Waals surface area contributed by atoms with Gasteiger partial charge >= 0.3 is 5.97 Å². The van der Waals surface area contributed by atoms with Gasteiger partial charge in [0.15, 0.2) is 0 Å². The first-order valence-corrected chi connectivity index (χ1v) is 10.3. The standard InChI is InChI=1S/C21H22N2O5S/c1-4-28-20(26)21(2)16-15(17(22-21)14-9-6-10-29-14)18(24)23(19(16)25)12-7-5-8-13(11-12)27-3/h5-11,15-17,22H,4H2,1-3H3. The van der Waals surface area contributed by atoms with Gasteiger partial charge in [-0.05, 0) is 37.4 Å². The van der Waals surface area contributed by atoms with Crippen LogP contribution in [0.25, 0.3) is 0 Å². The molecule has 2 amide bonds. The first-order chi connectivity index (χ1) is 13.9. The topological polar surface area (TPSA) is 84.9 Å². The van der Waals surface area contributed by atoms with Gasteiger partial charge in [0.25, 0.3) is 0 Å². The van der Waals surface area contributed by atoms with Crippen molar-refractivity contribution in [3.8, 4) is 5.75 Å². The lowest BCUT2D eigenvalue weighted by molar-refractivity contribution is -0.153. The van der Waals surface area contributed by atoms with E-state index in [2.05, 4.69) is 5.32 Å². The molecule has 152 valence electrons. The van der Waals surface area contributed by atoms with Crippen LogP contribution in [0, 0.1) is 11.8 Å². The van der Waals surface area contributed by atoms with Crippen molar-refractivity contribution in [1.29, 1.82) is 0 Å². The molecule has 3 heterocycles. The quantitative estimate of drug-likeness (QED) is 0.598. The molecule has 0 aliphatic carbocycles. The van der Waals surface area contributed by atoms with Gasteiger partial charge in [-0.3, -0.25) is 19.7 Å². The largest absolute Gasteiger partial charge is 0.497 e. The van der Waals surface area contributed by atoms with Crippen LogP contribution in [0.4, 0.5) is 5.69 Å². The molecule has 7 nitrogen and oxygen atoms in total. The SMILES string of the molecule is CCOC(=O)C1(C)NC(c2cccs2)C2C(=O)N(c3cccc(OC)c3)C(=O)C21. The minimum absolute atomic E-state index is 0.193. The maximum Gasteiger partial charge on any atom is 0.326 e. The van der Waals surface area contributed by atoms with Gasteiger partial charge in [0.05, 0.1) is 37.3 Å². The van der Waals surface area contributed by atoms with Crippen molar-refractivity contribution in [2.45, 2.75) is 25.4 Å². The van der Waals surface area contributed by atoms with Gasteiger partial charge in [-0.1, -0.05) is 12.1 Å². The number of thiophene rings is 1. The minimum atomic E-state index is -1.30. The highest BCUT2D eigenvalue weighted by molar-refractivity contribution is 7.10. The average Bonchev–Trinajstić information content (AvgIpc) is 3.40. The number of amides is 2. The van der Waals surface area contributed by atoms with E-state index < -0.39 is 35.3 Å². The van der Waals surface area contributed by atoms with Crippen molar-refractivity contribution in [1.82, 2.24) is 5.32 Å². The molecule has 8 heteroatoms. The Bertz CT molecular complexity index is 960. The summed E-state index contributed by atoms with van der Waals surface area (Å²) in [7, 11) is 1.52. The van der Waals surface area contributed by atoms with E-state index in [4.69, 9.17) is 9.47 Å². The Balaban J connectivity index is 1.80. The number of fused-ring (bicyclic) bond motifs is 1. The third-order valence-electron chi connectivity index (χ3n) is 5.65. The molecule has 0 radical (unpaired) electrons. The summed E-state index contributed by atoms with van der Waals surface area (Å²) in [6, 6.07) is 10.2. The zero-order valence-electron chi connectivity index (χ0n) is 16.4. The molecule has 0 spiro atoms. The van der Waals surface area contributed by atoms with Crippen molar-refractivity contribution < 1.29 is 23.9 Å². The zero-order valence-corrected chi connectivity index (χ0v) is 17.2. The number of hydrogen-bond donors (Lipinski definition) is 1. The van der Waals surface area contributed by atoms with Gasteiger partial charge in [0.1, 0.15) is 11.3 Å². The first-order valence-electron chi connectivity index (χ1n) is 9.42. The maximum atomic E-state index is 13.5. The fourth-order valence-corrected chi connectivity index (χ4v) is 5.15. The second kappa shape index (κ2) is 7.27. The fraction of sp³-hybridized carbons (Fsp3) is 0.381. The number of carbonyl (C=O) groups excluding carboxylic acids is 3. The van der Waals surface area contributed by atoms with E-state index in [-0.39, 0.29) is 12.5 Å². The molecule has 2 fully saturated rings. The Morgan fingerprint density at radius 3 is 2.69 bits per heavy atom. The highest BCUT2D eigenvalue weighted by Crippen LogP contribution is 2.50. The summed E-state index contributed by atoms with van der Waals surface area (Å²) in [6.45, 7) is 3.56. The smallest absolute Gasteiger partial charge is 0.326 e. The van der Waals surface area contributed by atoms with Crippen molar-refractivity contribution in [2.75, 3.05) is 18.6 Å². The summed E-state index contributed by atoms with van der Waals surface area (Å²) < 4.78 is 10.5. The first kappa shape index (κ1) is 19.6. The fourth-order valence-electron chi connectivity index (χ4n) is 4.32. The number of hydrogen-bond acceptors (Lipinski definition) is 7. The van der Waals surface area contributed by atoms with Crippen LogP contribution in [0.1, 0.15) is 24.8 Å². The molecule has 4 rings (SSSR count). The highest BCUT2D eigenvalue weighted by Gasteiger charge is 2.67. The summed E-state index contributed by atoms with van der Waals surface area (Å²) in [5.74, 6) is -2.26. The van der Waals surface area contributed by atoms with Crippen molar-refractivity contribution in [3.05, 3.63) is 46.7 Å². The van der Waals surface area contributed by atoms with E-state index >= 15 is 0 Å². The van der Waals surface area contributed by atoms with Crippen molar-refractivity contribution in [3.63, 3.8) is 0 Å². The third kappa shape index (κ3) is 2.94. The normalized spacial score (nSPS) is 28.5. The Labute approximate surface area is 172 Å². The van der Waals surface area contributed by atoms with E-state index in [1.807, 2.05) is 17.5 Å². The van der Waals surface area contributed by atoms with Crippen LogP contribution in [-0.2, 0) is 19.1 Å². The number of benzene rings is 1. The second-order valence-electron chi connectivity index (χ2n) is 7.28. The number of methoxy groups -OCH3 is 1. The number of esters is 1.